The maximum atomic E-state index is 10.2. The lowest BCUT2D eigenvalue weighted by Crippen LogP contribution is -2.74. The van der Waals surface area contributed by atoms with Crippen molar-refractivity contribution in [1.82, 2.24) is 4.98 Å². The number of carbonyl (C=O) groups is 1. The molecular formula is C13H16N2O4S. The summed E-state index contributed by atoms with van der Waals surface area (Å²) in [5.41, 5.74) is 1.25. The van der Waals surface area contributed by atoms with Crippen LogP contribution < -0.4 is 15.2 Å². The van der Waals surface area contributed by atoms with Gasteiger partial charge >= 0.3 is 6.08 Å². The van der Waals surface area contributed by atoms with Gasteiger partial charge in [0, 0.05) is 12.4 Å². The van der Waals surface area contributed by atoms with Crippen LogP contribution in [-0.2, 0) is 4.79 Å². The molecule has 0 bridgehead atoms. The van der Waals surface area contributed by atoms with E-state index in [4.69, 9.17) is 21.4 Å². The van der Waals surface area contributed by atoms with Crippen LogP contribution >= 0.6 is 12.2 Å². The van der Waals surface area contributed by atoms with E-state index in [1.165, 1.54) is 0 Å². The molecule has 0 amide bonds. The van der Waals surface area contributed by atoms with Crippen molar-refractivity contribution in [3.05, 3.63) is 24.3 Å². The number of thiocarbonyl (C=S) groups is 1. The first-order valence-corrected chi connectivity index (χ1v) is 6.47. The fourth-order valence-electron chi connectivity index (χ4n) is 1.25. The molecule has 0 fully saturated rings. The summed E-state index contributed by atoms with van der Waals surface area (Å²) in [4.78, 5) is 14.3. The molecule has 0 radical (unpaired) electrons. The van der Waals surface area contributed by atoms with Crippen molar-refractivity contribution in [1.29, 1.82) is 0 Å². The van der Waals surface area contributed by atoms with E-state index in [1.54, 1.807) is 12.1 Å². The average Bonchev–Trinajstić information content (AvgIpc) is 2.79. The smallest absolute Gasteiger partial charge is 0.400 e. The SMILES string of the molecule is C[NH2+]C.O=C([O-])CCC(=S)Oc1nc2ccccc2o1. The van der Waals surface area contributed by atoms with Gasteiger partial charge in [0.2, 0.25) is 0 Å². The zero-order valence-corrected chi connectivity index (χ0v) is 12.1. The lowest BCUT2D eigenvalue weighted by Gasteiger charge is -2.02. The number of fused-ring (bicyclic) bond motifs is 1. The molecule has 2 N–H and O–H groups in total. The van der Waals surface area contributed by atoms with Crippen LogP contribution in [0.5, 0.6) is 6.08 Å². The summed E-state index contributed by atoms with van der Waals surface area (Å²) in [6.07, 6.45) is -0.0651. The number of hydrogen-bond acceptors (Lipinski definition) is 6. The summed E-state index contributed by atoms with van der Waals surface area (Å²) in [7, 11) is 4.00. The molecule has 0 unspecified atom stereocenters. The minimum Gasteiger partial charge on any atom is -0.550 e. The molecule has 6 nitrogen and oxygen atoms in total. The zero-order chi connectivity index (χ0) is 15.0. The van der Waals surface area contributed by atoms with E-state index in [1.807, 2.05) is 31.5 Å². The molecule has 2 rings (SSSR count). The number of carboxylic acids is 1. The first-order chi connectivity index (χ1) is 9.56. The van der Waals surface area contributed by atoms with Crippen LogP contribution in [0.15, 0.2) is 28.7 Å². The van der Waals surface area contributed by atoms with Crippen molar-refractivity contribution >= 4 is 34.3 Å². The van der Waals surface area contributed by atoms with Crippen LogP contribution in [0.1, 0.15) is 12.8 Å². The quantitative estimate of drug-likeness (QED) is 0.790. The number of aromatic nitrogens is 1. The van der Waals surface area contributed by atoms with Gasteiger partial charge in [-0.15, -0.1) is 0 Å². The largest absolute Gasteiger partial charge is 0.550 e. The number of ether oxygens (including phenoxy) is 1. The number of carbonyl (C=O) groups excluding carboxylic acids is 1. The first-order valence-electron chi connectivity index (χ1n) is 6.07. The highest BCUT2D eigenvalue weighted by molar-refractivity contribution is 7.80. The number of hydrogen-bond donors (Lipinski definition) is 1. The van der Waals surface area contributed by atoms with Crippen LogP contribution in [0, 0.1) is 0 Å². The Morgan fingerprint density at radius 1 is 1.40 bits per heavy atom. The van der Waals surface area contributed by atoms with Gasteiger partial charge in [0.05, 0.1) is 14.1 Å². The first kappa shape index (κ1) is 16.1. The zero-order valence-electron chi connectivity index (χ0n) is 11.3. The number of benzene rings is 1. The van der Waals surface area contributed by atoms with Crippen molar-refractivity contribution in [2.24, 2.45) is 0 Å². The molecule has 108 valence electrons. The number of aliphatic carboxylic acids is 1. The van der Waals surface area contributed by atoms with E-state index < -0.39 is 5.97 Å². The van der Waals surface area contributed by atoms with Crippen LogP contribution in [0.2, 0.25) is 0 Å². The predicted octanol–water partition coefficient (Wildman–Crippen LogP) is -0.126. The normalized spacial score (nSPS) is 9.70. The van der Waals surface area contributed by atoms with Crippen molar-refractivity contribution in [3.8, 4) is 6.08 Å². The van der Waals surface area contributed by atoms with E-state index in [9.17, 15) is 9.90 Å². The molecule has 0 saturated carbocycles. The fraction of sp³-hybridized carbons (Fsp3) is 0.308. The predicted molar refractivity (Wildman–Crippen MR) is 75.2 cm³/mol. The molecule has 2 aromatic rings. The number of quaternary nitrogens is 1. The third-order valence-electron chi connectivity index (χ3n) is 2.01. The monoisotopic (exact) mass is 296 g/mol. The summed E-state index contributed by atoms with van der Waals surface area (Å²) in [6.45, 7) is 0. The third-order valence-corrected chi connectivity index (χ3v) is 2.30. The lowest BCUT2D eigenvalue weighted by atomic mass is 10.3. The number of oxazole rings is 1. The van der Waals surface area contributed by atoms with Crippen molar-refractivity contribution < 1.29 is 24.4 Å². The minimum absolute atomic E-state index is 0.0227. The topological polar surface area (TPSA) is 92.0 Å². The van der Waals surface area contributed by atoms with Crippen molar-refractivity contribution in [2.45, 2.75) is 12.8 Å². The average molecular weight is 296 g/mol. The second kappa shape index (κ2) is 8.23. The van der Waals surface area contributed by atoms with Gasteiger partial charge in [0.25, 0.3) is 0 Å². The second-order valence-corrected chi connectivity index (χ2v) is 4.33. The van der Waals surface area contributed by atoms with Crippen LogP contribution in [0.25, 0.3) is 11.1 Å². The Labute approximate surface area is 121 Å². The number of rotatable bonds is 4. The van der Waals surface area contributed by atoms with Crippen LogP contribution in [0.3, 0.4) is 0 Å². The van der Waals surface area contributed by atoms with Crippen molar-refractivity contribution in [2.75, 3.05) is 14.1 Å². The summed E-state index contributed by atoms with van der Waals surface area (Å²) in [6, 6.07) is 7.16. The van der Waals surface area contributed by atoms with Gasteiger partial charge in [0.1, 0.15) is 5.52 Å². The molecule has 1 aromatic heterocycles. The van der Waals surface area contributed by atoms with E-state index in [-0.39, 0.29) is 24.0 Å². The highest BCUT2D eigenvalue weighted by atomic mass is 32.1. The third kappa shape index (κ3) is 5.33. The van der Waals surface area contributed by atoms with Gasteiger partial charge in [0.15, 0.2) is 10.6 Å². The number of carboxylic acid groups (broad SMARTS) is 1. The lowest BCUT2D eigenvalue weighted by molar-refractivity contribution is -0.597. The Kier molecular flexibility index (Phi) is 6.61. The maximum Gasteiger partial charge on any atom is 0.400 e. The summed E-state index contributed by atoms with van der Waals surface area (Å²) in [5.74, 6) is -1.17. The van der Waals surface area contributed by atoms with E-state index in [0.717, 1.165) is 0 Å². The molecule has 0 saturated heterocycles. The summed E-state index contributed by atoms with van der Waals surface area (Å²) in [5, 5.41) is 12.3. The van der Waals surface area contributed by atoms with Crippen LogP contribution in [-0.4, -0.2) is 30.1 Å². The second-order valence-electron chi connectivity index (χ2n) is 3.87. The maximum absolute atomic E-state index is 10.2. The minimum atomic E-state index is -1.17. The van der Waals surface area contributed by atoms with Crippen molar-refractivity contribution in [3.63, 3.8) is 0 Å². The van der Waals surface area contributed by atoms with Gasteiger partial charge in [-0.3, -0.25) is 0 Å². The molecule has 1 aromatic carbocycles. The molecule has 20 heavy (non-hydrogen) atoms. The van der Waals surface area contributed by atoms with Gasteiger partial charge < -0.3 is 24.4 Å². The molecule has 0 atom stereocenters. The fourth-order valence-corrected chi connectivity index (χ4v) is 1.42. The van der Waals surface area contributed by atoms with Gasteiger partial charge in [-0.05, 0) is 30.8 Å². The molecule has 0 aliphatic rings. The Morgan fingerprint density at radius 3 is 2.65 bits per heavy atom. The molecule has 7 heteroatoms. The Balaban J connectivity index is 0.000000612. The number of nitrogens with zero attached hydrogens (tertiary/aromatic N) is 1. The van der Waals surface area contributed by atoms with Gasteiger partial charge in [-0.25, -0.2) is 0 Å². The Morgan fingerprint density at radius 2 is 2.05 bits per heavy atom. The Bertz CT molecular complexity index is 550. The number of para-hydroxylation sites is 2. The molecule has 0 aliphatic heterocycles. The van der Waals surface area contributed by atoms with E-state index in [2.05, 4.69) is 4.98 Å². The molecule has 0 aliphatic carbocycles. The summed E-state index contributed by atoms with van der Waals surface area (Å²) >= 11 is 4.85. The van der Waals surface area contributed by atoms with E-state index in [0.29, 0.717) is 11.1 Å². The van der Waals surface area contributed by atoms with Gasteiger partial charge in [-0.1, -0.05) is 12.1 Å². The molecule has 1 heterocycles. The molecule has 0 spiro atoms. The van der Waals surface area contributed by atoms with Crippen LogP contribution in [0.4, 0.5) is 0 Å². The highest BCUT2D eigenvalue weighted by Gasteiger charge is 2.08. The highest BCUT2D eigenvalue weighted by Crippen LogP contribution is 2.20. The summed E-state index contributed by atoms with van der Waals surface area (Å²) < 4.78 is 10.4. The molecular weight excluding hydrogens is 280 g/mol. The van der Waals surface area contributed by atoms with E-state index >= 15 is 0 Å². The standard InChI is InChI=1S/C11H9NO4S.C2H7N/c13-9(14)5-6-10(17)16-11-12-7-3-1-2-4-8(7)15-11;1-3-2/h1-4H,5-6H2,(H,13,14);3H,1-2H3. The Hall–Kier alpha value is -1.99. The number of nitrogens with two attached hydrogens (primary N) is 1. The van der Waals surface area contributed by atoms with Gasteiger partial charge in [-0.2, -0.15) is 4.98 Å².